The fourth-order valence-corrected chi connectivity index (χ4v) is 4.81. The van der Waals surface area contributed by atoms with E-state index in [1.54, 1.807) is 0 Å². The first kappa shape index (κ1) is 23.3. The highest BCUT2D eigenvalue weighted by Crippen LogP contribution is 2.37. The van der Waals surface area contributed by atoms with Crippen LogP contribution in [0.2, 0.25) is 0 Å². The number of hydrogen-bond donors (Lipinski definition) is 0. The molecule has 0 aliphatic carbocycles. The molecule has 38 heavy (non-hydrogen) atoms. The van der Waals surface area contributed by atoms with Crippen molar-refractivity contribution in [2.24, 2.45) is 0 Å². The number of nitrogens with zero attached hydrogens (tertiary/aromatic N) is 2. The van der Waals surface area contributed by atoms with Crippen LogP contribution >= 0.6 is 0 Å². The SMILES string of the molecule is c1ccc(N(c2ccccc2)c2ccc(-c3ccc(N(c4ccccc4)c4ccccc4)cc3)cc2)cc1. The minimum absolute atomic E-state index is 1.13. The molecule has 2 nitrogen and oxygen atoms in total. The van der Waals surface area contributed by atoms with Gasteiger partial charge >= 0.3 is 0 Å². The van der Waals surface area contributed by atoms with Gasteiger partial charge in [-0.05, 0) is 83.9 Å². The van der Waals surface area contributed by atoms with E-state index in [0.717, 1.165) is 34.1 Å². The molecule has 0 fully saturated rings. The second kappa shape index (κ2) is 10.9. The lowest BCUT2D eigenvalue weighted by atomic mass is 10.0. The van der Waals surface area contributed by atoms with Crippen molar-refractivity contribution >= 4 is 34.1 Å². The van der Waals surface area contributed by atoms with Crippen molar-refractivity contribution in [2.75, 3.05) is 9.80 Å². The van der Waals surface area contributed by atoms with Gasteiger partial charge < -0.3 is 9.80 Å². The van der Waals surface area contributed by atoms with Crippen LogP contribution in [0, 0.1) is 0 Å². The quantitative estimate of drug-likeness (QED) is 0.220. The topological polar surface area (TPSA) is 6.48 Å². The molecule has 0 bridgehead atoms. The van der Waals surface area contributed by atoms with Gasteiger partial charge in [0.25, 0.3) is 0 Å². The molecule has 6 aromatic rings. The van der Waals surface area contributed by atoms with Crippen LogP contribution in [0.4, 0.5) is 34.1 Å². The Hall–Kier alpha value is -5.08. The third kappa shape index (κ3) is 4.93. The lowest BCUT2D eigenvalue weighted by Crippen LogP contribution is -2.09. The molecule has 0 aromatic heterocycles. The fraction of sp³-hybridized carbons (Fsp3) is 0. The molecule has 0 radical (unpaired) electrons. The molecule has 182 valence electrons. The van der Waals surface area contributed by atoms with Gasteiger partial charge in [0.05, 0.1) is 0 Å². The number of hydrogen-bond acceptors (Lipinski definition) is 2. The third-order valence-corrected chi connectivity index (χ3v) is 6.64. The van der Waals surface area contributed by atoms with E-state index in [0.29, 0.717) is 0 Å². The first-order chi connectivity index (χ1) is 18.9. The summed E-state index contributed by atoms with van der Waals surface area (Å²) in [5.41, 5.74) is 9.18. The average Bonchev–Trinajstić information content (AvgIpc) is 3.00. The highest BCUT2D eigenvalue weighted by molar-refractivity contribution is 5.80. The van der Waals surface area contributed by atoms with Gasteiger partial charge in [0, 0.05) is 34.1 Å². The third-order valence-electron chi connectivity index (χ3n) is 6.64. The highest BCUT2D eigenvalue weighted by atomic mass is 15.1. The van der Waals surface area contributed by atoms with Gasteiger partial charge in [-0.2, -0.15) is 0 Å². The van der Waals surface area contributed by atoms with Crippen LogP contribution in [0.3, 0.4) is 0 Å². The lowest BCUT2D eigenvalue weighted by Gasteiger charge is -2.26. The van der Waals surface area contributed by atoms with Crippen LogP contribution in [0.5, 0.6) is 0 Å². The molecule has 0 spiro atoms. The Balaban J connectivity index is 1.31. The van der Waals surface area contributed by atoms with E-state index < -0.39 is 0 Å². The molecular formula is C36H28N2. The molecular weight excluding hydrogens is 460 g/mol. The summed E-state index contributed by atoms with van der Waals surface area (Å²) < 4.78 is 0. The Morgan fingerprint density at radius 2 is 0.421 bits per heavy atom. The van der Waals surface area contributed by atoms with Crippen LogP contribution in [-0.2, 0) is 0 Å². The molecule has 2 heteroatoms. The van der Waals surface area contributed by atoms with E-state index in [1.807, 2.05) is 0 Å². The average molecular weight is 489 g/mol. The van der Waals surface area contributed by atoms with Crippen molar-refractivity contribution in [3.8, 4) is 11.1 Å². The van der Waals surface area contributed by atoms with Crippen molar-refractivity contribution in [2.45, 2.75) is 0 Å². The highest BCUT2D eigenvalue weighted by Gasteiger charge is 2.13. The minimum Gasteiger partial charge on any atom is -0.311 e. The zero-order valence-corrected chi connectivity index (χ0v) is 21.1. The molecule has 6 aromatic carbocycles. The zero-order valence-electron chi connectivity index (χ0n) is 21.1. The summed E-state index contributed by atoms with van der Waals surface area (Å²) in [7, 11) is 0. The molecule has 0 N–H and O–H groups in total. The Labute approximate surface area is 224 Å². The van der Waals surface area contributed by atoms with Gasteiger partial charge in [-0.25, -0.2) is 0 Å². The van der Waals surface area contributed by atoms with Gasteiger partial charge in [-0.15, -0.1) is 0 Å². The van der Waals surface area contributed by atoms with Crippen LogP contribution in [0.25, 0.3) is 11.1 Å². The summed E-state index contributed by atoms with van der Waals surface area (Å²) in [5, 5.41) is 0. The molecule has 0 aliphatic rings. The molecule has 6 rings (SSSR count). The van der Waals surface area contributed by atoms with Gasteiger partial charge in [-0.3, -0.25) is 0 Å². The molecule has 0 amide bonds. The summed E-state index contributed by atoms with van der Waals surface area (Å²) in [6, 6.07) is 59.6. The lowest BCUT2D eigenvalue weighted by molar-refractivity contribution is 1.28. The Morgan fingerprint density at radius 1 is 0.211 bits per heavy atom. The van der Waals surface area contributed by atoms with Crippen molar-refractivity contribution in [1.29, 1.82) is 0 Å². The maximum absolute atomic E-state index is 2.28. The monoisotopic (exact) mass is 488 g/mol. The van der Waals surface area contributed by atoms with Gasteiger partial charge in [-0.1, -0.05) is 97.1 Å². The Kier molecular flexibility index (Phi) is 6.69. The van der Waals surface area contributed by atoms with Crippen molar-refractivity contribution in [3.05, 3.63) is 170 Å². The van der Waals surface area contributed by atoms with Crippen molar-refractivity contribution in [1.82, 2.24) is 0 Å². The number of rotatable bonds is 7. The Bertz CT molecular complexity index is 1360. The molecule has 0 unspecified atom stereocenters. The van der Waals surface area contributed by atoms with Crippen LogP contribution in [0.1, 0.15) is 0 Å². The van der Waals surface area contributed by atoms with Crippen molar-refractivity contribution in [3.63, 3.8) is 0 Å². The van der Waals surface area contributed by atoms with Gasteiger partial charge in [0.15, 0.2) is 0 Å². The predicted molar refractivity (Wildman–Crippen MR) is 161 cm³/mol. The maximum atomic E-state index is 2.28. The molecule has 0 atom stereocenters. The minimum atomic E-state index is 1.13. The van der Waals surface area contributed by atoms with Crippen LogP contribution < -0.4 is 9.80 Å². The molecule has 0 saturated heterocycles. The van der Waals surface area contributed by atoms with E-state index in [9.17, 15) is 0 Å². The molecule has 0 saturated carbocycles. The van der Waals surface area contributed by atoms with Gasteiger partial charge in [0.2, 0.25) is 0 Å². The predicted octanol–water partition coefficient (Wildman–Crippen LogP) is 10.3. The second-order valence-corrected chi connectivity index (χ2v) is 9.11. The maximum Gasteiger partial charge on any atom is 0.0462 e. The molecule has 0 aliphatic heterocycles. The summed E-state index contributed by atoms with van der Waals surface area (Å²) in [5.74, 6) is 0. The summed E-state index contributed by atoms with van der Waals surface area (Å²) in [6.07, 6.45) is 0. The summed E-state index contributed by atoms with van der Waals surface area (Å²) >= 11 is 0. The summed E-state index contributed by atoms with van der Waals surface area (Å²) in [6.45, 7) is 0. The number of para-hydroxylation sites is 4. The van der Waals surface area contributed by atoms with Crippen LogP contribution in [0.15, 0.2) is 170 Å². The summed E-state index contributed by atoms with van der Waals surface area (Å²) in [4.78, 5) is 4.56. The van der Waals surface area contributed by atoms with E-state index in [-0.39, 0.29) is 0 Å². The first-order valence-corrected chi connectivity index (χ1v) is 12.9. The van der Waals surface area contributed by atoms with E-state index in [2.05, 4.69) is 180 Å². The number of anilines is 6. The standard InChI is InChI=1S/C36H28N2/c1-5-13-31(14-6-1)37(32-15-7-2-8-16-32)35-25-21-29(22-26-35)30-23-27-36(28-24-30)38(33-17-9-3-10-18-33)34-19-11-4-12-20-34/h1-28H. The van der Waals surface area contributed by atoms with Crippen LogP contribution in [-0.4, -0.2) is 0 Å². The normalized spacial score (nSPS) is 10.6. The largest absolute Gasteiger partial charge is 0.311 e. The smallest absolute Gasteiger partial charge is 0.0462 e. The fourth-order valence-electron chi connectivity index (χ4n) is 4.81. The van der Waals surface area contributed by atoms with E-state index in [4.69, 9.17) is 0 Å². The zero-order chi connectivity index (χ0) is 25.6. The van der Waals surface area contributed by atoms with Crippen molar-refractivity contribution < 1.29 is 0 Å². The Morgan fingerprint density at radius 3 is 0.658 bits per heavy atom. The second-order valence-electron chi connectivity index (χ2n) is 9.11. The molecule has 0 heterocycles. The first-order valence-electron chi connectivity index (χ1n) is 12.9. The van der Waals surface area contributed by atoms with E-state index in [1.165, 1.54) is 11.1 Å². The number of benzene rings is 6. The van der Waals surface area contributed by atoms with Gasteiger partial charge in [0.1, 0.15) is 0 Å². The van der Waals surface area contributed by atoms with E-state index >= 15 is 0 Å².